The minimum atomic E-state index is -1.40. The van der Waals surface area contributed by atoms with E-state index in [-0.39, 0.29) is 19.5 Å². The van der Waals surface area contributed by atoms with E-state index in [2.05, 4.69) is 0 Å². The van der Waals surface area contributed by atoms with Crippen LogP contribution in [-0.2, 0) is 11.2 Å². The van der Waals surface area contributed by atoms with Crippen molar-refractivity contribution in [3.05, 3.63) is 47.5 Å². The summed E-state index contributed by atoms with van der Waals surface area (Å²) in [5.74, 6) is 2.44. The van der Waals surface area contributed by atoms with Gasteiger partial charge in [-0.2, -0.15) is 0 Å². The summed E-state index contributed by atoms with van der Waals surface area (Å²) >= 11 is 0. The van der Waals surface area contributed by atoms with Crippen molar-refractivity contribution in [2.24, 2.45) is 5.92 Å². The normalized spacial score (nSPS) is 27.9. The zero-order valence-corrected chi connectivity index (χ0v) is 14.6. The first-order valence-corrected chi connectivity index (χ1v) is 8.90. The van der Waals surface area contributed by atoms with Gasteiger partial charge in [0.25, 0.3) is 0 Å². The Bertz CT molecular complexity index is 867. The SMILES string of the molecule is OC[C@]1(O)[C@H](Cc2ccc3c(c2)OCO3)CO[C@@H]1c1ccc2c(c1)OCO2. The third-order valence-corrected chi connectivity index (χ3v) is 5.50. The van der Waals surface area contributed by atoms with Gasteiger partial charge < -0.3 is 33.9 Å². The smallest absolute Gasteiger partial charge is 0.231 e. The quantitative estimate of drug-likeness (QED) is 0.846. The molecule has 0 bridgehead atoms. The van der Waals surface area contributed by atoms with Gasteiger partial charge in [-0.25, -0.2) is 0 Å². The highest BCUT2D eigenvalue weighted by molar-refractivity contribution is 5.46. The Hall–Kier alpha value is -2.48. The molecule has 27 heavy (non-hydrogen) atoms. The molecule has 3 atom stereocenters. The Morgan fingerprint density at radius 1 is 0.889 bits per heavy atom. The Morgan fingerprint density at radius 2 is 1.56 bits per heavy atom. The molecule has 0 aromatic heterocycles. The highest BCUT2D eigenvalue weighted by Gasteiger charge is 2.50. The van der Waals surface area contributed by atoms with Gasteiger partial charge in [0.2, 0.25) is 13.6 Å². The van der Waals surface area contributed by atoms with Crippen molar-refractivity contribution in [2.45, 2.75) is 18.1 Å². The molecule has 0 spiro atoms. The van der Waals surface area contributed by atoms with Gasteiger partial charge in [-0.3, -0.25) is 0 Å². The predicted molar refractivity (Wildman–Crippen MR) is 93.1 cm³/mol. The van der Waals surface area contributed by atoms with Gasteiger partial charge in [-0.05, 0) is 41.8 Å². The summed E-state index contributed by atoms with van der Waals surface area (Å²) < 4.78 is 27.4. The van der Waals surface area contributed by atoms with Crippen molar-refractivity contribution < 1.29 is 33.9 Å². The molecule has 0 radical (unpaired) electrons. The van der Waals surface area contributed by atoms with Crippen LogP contribution >= 0.6 is 0 Å². The number of aliphatic hydroxyl groups is 2. The van der Waals surface area contributed by atoms with Crippen molar-refractivity contribution in [2.75, 3.05) is 26.8 Å². The molecule has 2 N–H and O–H groups in total. The number of benzene rings is 2. The van der Waals surface area contributed by atoms with Gasteiger partial charge in [0.1, 0.15) is 11.7 Å². The molecule has 3 aliphatic rings. The van der Waals surface area contributed by atoms with Crippen LogP contribution in [0.4, 0.5) is 0 Å². The molecule has 142 valence electrons. The third kappa shape index (κ3) is 2.70. The van der Waals surface area contributed by atoms with E-state index in [1.165, 1.54) is 0 Å². The van der Waals surface area contributed by atoms with Crippen molar-refractivity contribution in [1.29, 1.82) is 0 Å². The summed E-state index contributed by atoms with van der Waals surface area (Å²) in [7, 11) is 0. The molecule has 0 saturated carbocycles. The molecule has 0 amide bonds. The van der Waals surface area contributed by atoms with Gasteiger partial charge in [0.05, 0.1) is 13.2 Å². The standard InChI is InChI=1S/C20H20O7/c21-9-20(22)14(5-12-1-3-15-17(6-12)26-10-24-15)8-23-19(20)13-2-4-16-18(7-13)27-11-25-16/h1-4,6-7,14,19,21-22H,5,8-11H2/t14-,19-,20+/m1/s1. The second kappa shape index (κ2) is 6.30. The Labute approximate surface area is 156 Å². The average molecular weight is 372 g/mol. The van der Waals surface area contributed by atoms with Crippen LogP contribution in [0.25, 0.3) is 0 Å². The third-order valence-electron chi connectivity index (χ3n) is 5.50. The first-order valence-electron chi connectivity index (χ1n) is 8.90. The van der Waals surface area contributed by atoms with Crippen LogP contribution in [-0.4, -0.2) is 42.6 Å². The molecule has 1 saturated heterocycles. The molecule has 1 fully saturated rings. The number of hydrogen-bond acceptors (Lipinski definition) is 7. The highest BCUT2D eigenvalue weighted by atomic mass is 16.7. The maximum absolute atomic E-state index is 11.3. The summed E-state index contributed by atoms with van der Waals surface area (Å²) in [5, 5.41) is 21.3. The lowest BCUT2D eigenvalue weighted by atomic mass is 9.80. The lowest BCUT2D eigenvalue weighted by molar-refractivity contribution is -0.0882. The second-order valence-electron chi connectivity index (χ2n) is 7.06. The average Bonchev–Trinajstić information content (AvgIpc) is 3.40. The van der Waals surface area contributed by atoms with Gasteiger partial charge in [-0.15, -0.1) is 0 Å². The van der Waals surface area contributed by atoms with Gasteiger partial charge in [0, 0.05) is 5.92 Å². The molecule has 2 aromatic carbocycles. The van der Waals surface area contributed by atoms with E-state index in [1.807, 2.05) is 24.3 Å². The van der Waals surface area contributed by atoms with Crippen molar-refractivity contribution >= 4 is 0 Å². The van der Waals surface area contributed by atoms with Crippen LogP contribution < -0.4 is 18.9 Å². The summed E-state index contributed by atoms with van der Waals surface area (Å²) in [5.41, 5.74) is 0.347. The van der Waals surface area contributed by atoms with E-state index in [0.29, 0.717) is 30.3 Å². The van der Waals surface area contributed by atoms with E-state index in [0.717, 1.165) is 16.9 Å². The van der Waals surface area contributed by atoms with Gasteiger partial charge in [-0.1, -0.05) is 12.1 Å². The Balaban J connectivity index is 1.40. The first-order chi connectivity index (χ1) is 13.2. The number of aliphatic hydroxyl groups excluding tert-OH is 1. The van der Waals surface area contributed by atoms with E-state index >= 15 is 0 Å². The minimum Gasteiger partial charge on any atom is -0.454 e. The molecule has 0 unspecified atom stereocenters. The molecular formula is C20H20O7. The largest absolute Gasteiger partial charge is 0.454 e. The summed E-state index contributed by atoms with van der Waals surface area (Å²) in [6, 6.07) is 11.1. The van der Waals surface area contributed by atoms with Gasteiger partial charge >= 0.3 is 0 Å². The molecule has 0 aliphatic carbocycles. The topological polar surface area (TPSA) is 86.6 Å². The van der Waals surface area contributed by atoms with Gasteiger partial charge in [0.15, 0.2) is 23.0 Å². The Morgan fingerprint density at radius 3 is 2.30 bits per heavy atom. The highest BCUT2D eigenvalue weighted by Crippen LogP contribution is 2.46. The molecular weight excluding hydrogens is 352 g/mol. The molecule has 2 aromatic rings. The first kappa shape index (κ1) is 16.7. The number of hydrogen-bond donors (Lipinski definition) is 2. The monoisotopic (exact) mass is 372 g/mol. The minimum absolute atomic E-state index is 0.182. The van der Waals surface area contributed by atoms with Crippen molar-refractivity contribution in [1.82, 2.24) is 0 Å². The summed E-state index contributed by atoms with van der Waals surface area (Å²) in [6.07, 6.45) is -0.0922. The zero-order valence-electron chi connectivity index (χ0n) is 14.6. The van der Waals surface area contributed by atoms with E-state index in [1.54, 1.807) is 12.1 Å². The maximum atomic E-state index is 11.3. The zero-order chi connectivity index (χ0) is 18.4. The van der Waals surface area contributed by atoms with E-state index in [4.69, 9.17) is 23.7 Å². The van der Waals surface area contributed by atoms with Crippen LogP contribution in [0.2, 0.25) is 0 Å². The van der Waals surface area contributed by atoms with E-state index in [9.17, 15) is 10.2 Å². The lowest BCUT2D eigenvalue weighted by Crippen LogP contribution is -2.43. The fourth-order valence-corrected chi connectivity index (χ4v) is 3.98. The van der Waals surface area contributed by atoms with E-state index < -0.39 is 18.3 Å². The van der Waals surface area contributed by atoms with Crippen LogP contribution in [0, 0.1) is 5.92 Å². The Kier molecular flexibility index (Phi) is 3.89. The second-order valence-corrected chi connectivity index (χ2v) is 7.06. The predicted octanol–water partition coefficient (Wildman–Crippen LogP) is 1.80. The molecule has 3 aliphatic heterocycles. The van der Waals surface area contributed by atoms with Crippen LogP contribution in [0.1, 0.15) is 17.2 Å². The number of rotatable bonds is 4. The number of fused-ring (bicyclic) bond motifs is 2. The molecule has 5 rings (SSSR count). The molecule has 7 heteroatoms. The van der Waals surface area contributed by atoms with Crippen LogP contribution in [0.5, 0.6) is 23.0 Å². The van der Waals surface area contributed by atoms with Crippen LogP contribution in [0.15, 0.2) is 36.4 Å². The maximum Gasteiger partial charge on any atom is 0.231 e. The van der Waals surface area contributed by atoms with Crippen molar-refractivity contribution in [3.8, 4) is 23.0 Å². The summed E-state index contributed by atoms with van der Waals surface area (Å²) in [4.78, 5) is 0. The van der Waals surface area contributed by atoms with Crippen molar-refractivity contribution in [3.63, 3.8) is 0 Å². The summed E-state index contributed by atoms with van der Waals surface area (Å²) in [6.45, 7) is 0.339. The fraction of sp³-hybridized carbons (Fsp3) is 0.400. The number of ether oxygens (including phenoxy) is 5. The lowest BCUT2D eigenvalue weighted by Gasteiger charge is -2.32. The molecule has 7 nitrogen and oxygen atoms in total. The molecule has 3 heterocycles. The van der Waals surface area contributed by atoms with Crippen LogP contribution in [0.3, 0.4) is 0 Å². The fourth-order valence-electron chi connectivity index (χ4n) is 3.98.